The number of carboxylic acids is 1. The van der Waals surface area contributed by atoms with Crippen LogP contribution in [-0.2, 0) is 4.79 Å². The second-order valence-corrected chi connectivity index (χ2v) is 6.87. The number of carbonyl (C=O) groups is 1. The fourth-order valence-corrected chi connectivity index (χ4v) is 3.98. The van der Waals surface area contributed by atoms with Crippen molar-refractivity contribution in [3.8, 4) is 0 Å². The summed E-state index contributed by atoms with van der Waals surface area (Å²) in [6.07, 6.45) is 1.80. The van der Waals surface area contributed by atoms with E-state index in [2.05, 4.69) is 32.9 Å². The van der Waals surface area contributed by atoms with Crippen LogP contribution in [0, 0.1) is 2.88 Å². The summed E-state index contributed by atoms with van der Waals surface area (Å²) in [5, 5.41) is 12.8. The van der Waals surface area contributed by atoms with E-state index in [0.717, 1.165) is 7.89 Å². The first kappa shape index (κ1) is 10.7. The molecular formula is C7H7IN2O2S2. The number of rotatable bonds is 2. The first-order chi connectivity index (χ1) is 6.66. The number of aromatic nitrogens is 1. The van der Waals surface area contributed by atoms with Crippen LogP contribution in [0.5, 0.6) is 0 Å². The first-order valence-corrected chi connectivity index (χ1v) is 6.83. The Labute approximate surface area is 103 Å². The lowest BCUT2D eigenvalue weighted by molar-refractivity contribution is -0.138. The second kappa shape index (κ2) is 4.33. The number of thiazole rings is 1. The molecule has 0 bridgehead atoms. The van der Waals surface area contributed by atoms with Gasteiger partial charge in [-0.3, -0.25) is 10.1 Å². The minimum absolute atomic E-state index is 0.0459. The number of hydrogen-bond donors (Lipinski definition) is 2. The molecule has 2 atom stereocenters. The van der Waals surface area contributed by atoms with Crippen molar-refractivity contribution in [2.24, 2.45) is 0 Å². The second-order valence-electron chi connectivity index (χ2n) is 2.77. The molecule has 1 aliphatic heterocycles. The van der Waals surface area contributed by atoms with E-state index in [0.29, 0.717) is 5.75 Å². The molecule has 0 aromatic carbocycles. The molecule has 1 saturated heterocycles. The van der Waals surface area contributed by atoms with Gasteiger partial charge in [0.2, 0.25) is 0 Å². The van der Waals surface area contributed by atoms with Crippen LogP contribution >= 0.6 is 45.7 Å². The monoisotopic (exact) mass is 342 g/mol. The molecule has 1 fully saturated rings. The van der Waals surface area contributed by atoms with Gasteiger partial charge in [-0.2, -0.15) is 0 Å². The van der Waals surface area contributed by atoms with Crippen molar-refractivity contribution >= 4 is 51.7 Å². The summed E-state index contributed by atoms with van der Waals surface area (Å²) in [4.78, 5) is 14.9. The Morgan fingerprint density at radius 1 is 1.79 bits per heavy atom. The molecule has 14 heavy (non-hydrogen) atoms. The van der Waals surface area contributed by atoms with E-state index in [-0.39, 0.29) is 5.37 Å². The Bertz CT molecular complexity index is 357. The third kappa shape index (κ3) is 2.20. The van der Waals surface area contributed by atoms with E-state index in [1.807, 2.05) is 0 Å². The Kier molecular flexibility index (Phi) is 3.30. The predicted molar refractivity (Wildman–Crippen MR) is 64.6 cm³/mol. The van der Waals surface area contributed by atoms with Gasteiger partial charge in [-0.15, -0.1) is 23.1 Å². The quantitative estimate of drug-likeness (QED) is 0.799. The molecule has 1 aromatic heterocycles. The number of halogens is 1. The third-order valence-electron chi connectivity index (χ3n) is 1.80. The molecule has 0 amide bonds. The summed E-state index contributed by atoms with van der Waals surface area (Å²) in [5.41, 5.74) is 0. The maximum absolute atomic E-state index is 10.7. The van der Waals surface area contributed by atoms with Crippen LogP contribution in [0.3, 0.4) is 0 Å². The van der Waals surface area contributed by atoms with Crippen molar-refractivity contribution in [2.45, 2.75) is 11.4 Å². The summed E-state index contributed by atoms with van der Waals surface area (Å²) in [7, 11) is 0. The third-order valence-corrected chi connectivity index (χ3v) is 4.96. The minimum atomic E-state index is -0.786. The minimum Gasteiger partial charge on any atom is -0.480 e. The van der Waals surface area contributed by atoms with Crippen molar-refractivity contribution in [1.29, 1.82) is 0 Å². The van der Waals surface area contributed by atoms with Gasteiger partial charge >= 0.3 is 5.97 Å². The zero-order valence-electron chi connectivity index (χ0n) is 6.94. The Morgan fingerprint density at radius 3 is 3.07 bits per heavy atom. The SMILES string of the molecule is O=C(O)[C@@H]1CSC(c2ncc(I)s2)N1. The normalized spacial score (nSPS) is 26.6. The molecule has 7 heteroatoms. The maximum Gasteiger partial charge on any atom is 0.321 e. The highest BCUT2D eigenvalue weighted by Crippen LogP contribution is 2.35. The fraction of sp³-hybridized carbons (Fsp3) is 0.429. The van der Waals surface area contributed by atoms with E-state index in [9.17, 15) is 4.79 Å². The van der Waals surface area contributed by atoms with Crippen molar-refractivity contribution in [3.63, 3.8) is 0 Å². The molecular weight excluding hydrogens is 335 g/mol. The molecule has 0 saturated carbocycles. The van der Waals surface area contributed by atoms with Gasteiger partial charge in [-0.1, -0.05) is 0 Å². The first-order valence-electron chi connectivity index (χ1n) is 3.88. The van der Waals surface area contributed by atoms with Gasteiger partial charge in [0.1, 0.15) is 16.4 Å². The Morgan fingerprint density at radius 2 is 2.57 bits per heavy atom. The molecule has 4 nitrogen and oxygen atoms in total. The van der Waals surface area contributed by atoms with Crippen LogP contribution in [0.1, 0.15) is 10.4 Å². The van der Waals surface area contributed by atoms with Crippen LogP contribution in [0.15, 0.2) is 6.20 Å². The molecule has 0 radical (unpaired) electrons. The summed E-state index contributed by atoms with van der Waals surface area (Å²) in [6.45, 7) is 0. The standard InChI is InChI=1S/C7H7IN2O2S2/c8-4-1-9-5(14-4)6-10-3(2-13-6)7(11)12/h1,3,6,10H,2H2,(H,11,12)/t3-,6?/m0/s1. The van der Waals surface area contributed by atoms with Gasteiger partial charge in [-0.05, 0) is 22.6 Å². The predicted octanol–water partition coefficient (Wildman–Crippen LogP) is 1.54. The molecule has 0 spiro atoms. The van der Waals surface area contributed by atoms with Crippen LogP contribution in [-0.4, -0.2) is 27.9 Å². The van der Waals surface area contributed by atoms with E-state index < -0.39 is 12.0 Å². The number of hydrogen-bond acceptors (Lipinski definition) is 5. The largest absolute Gasteiger partial charge is 0.480 e. The average Bonchev–Trinajstić information content (AvgIpc) is 2.70. The van der Waals surface area contributed by atoms with Crippen molar-refractivity contribution in [2.75, 3.05) is 5.75 Å². The van der Waals surface area contributed by atoms with Gasteiger partial charge in [0.15, 0.2) is 0 Å². The van der Waals surface area contributed by atoms with Gasteiger partial charge < -0.3 is 5.11 Å². The van der Waals surface area contributed by atoms with Crippen LogP contribution in [0.25, 0.3) is 0 Å². The van der Waals surface area contributed by atoms with Crippen molar-refractivity contribution in [1.82, 2.24) is 10.3 Å². The lowest BCUT2D eigenvalue weighted by atomic mass is 10.3. The molecule has 1 aliphatic rings. The van der Waals surface area contributed by atoms with Crippen molar-refractivity contribution in [3.05, 3.63) is 14.1 Å². The van der Waals surface area contributed by atoms with Gasteiger partial charge in [0.25, 0.3) is 0 Å². The van der Waals surface area contributed by atoms with Crippen molar-refractivity contribution < 1.29 is 9.90 Å². The van der Waals surface area contributed by atoms with Crippen LogP contribution in [0.2, 0.25) is 0 Å². The van der Waals surface area contributed by atoms with E-state index in [4.69, 9.17) is 5.11 Å². The molecule has 76 valence electrons. The lowest BCUT2D eigenvalue weighted by Gasteiger charge is -2.06. The summed E-state index contributed by atoms with van der Waals surface area (Å²) in [5.74, 6) is -0.179. The molecule has 2 N–H and O–H groups in total. The molecule has 2 rings (SSSR count). The number of aliphatic carboxylic acids is 1. The van der Waals surface area contributed by atoms with E-state index in [1.54, 1.807) is 29.3 Å². The zero-order chi connectivity index (χ0) is 10.1. The highest BCUT2D eigenvalue weighted by Gasteiger charge is 2.31. The number of carboxylic acid groups (broad SMARTS) is 1. The Balaban J connectivity index is 2.05. The van der Waals surface area contributed by atoms with E-state index in [1.165, 1.54) is 0 Å². The lowest BCUT2D eigenvalue weighted by Crippen LogP contribution is -2.33. The number of nitrogens with one attached hydrogen (secondary N) is 1. The van der Waals surface area contributed by atoms with Gasteiger partial charge in [0, 0.05) is 5.75 Å². The topological polar surface area (TPSA) is 62.2 Å². The molecule has 1 unspecified atom stereocenters. The molecule has 2 heterocycles. The smallest absolute Gasteiger partial charge is 0.321 e. The van der Waals surface area contributed by atoms with Gasteiger partial charge in [-0.25, -0.2) is 4.98 Å². The number of thioether (sulfide) groups is 1. The van der Waals surface area contributed by atoms with Crippen LogP contribution in [0.4, 0.5) is 0 Å². The molecule has 0 aliphatic carbocycles. The summed E-state index contributed by atoms with van der Waals surface area (Å²) >= 11 is 5.40. The Hall–Kier alpha value is 0.140. The maximum atomic E-state index is 10.7. The fourth-order valence-electron chi connectivity index (χ4n) is 1.14. The van der Waals surface area contributed by atoms with Crippen LogP contribution < -0.4 is 5.32 Å². The highest BCUT2D eigenvalue weighted by molar-refractivity contribution is 14.1. The number of nitrogens with zero attached hydrogens (tertiary/aromatic N) is 1. The average molecular weight is 342 g/mol. The summed E-state index contributed by atoms with van der Waals surface area (Å²) < 4.78 is 1.12. The van der Waals surface area contributed by atoms with Gasteiger partial charge in [0.05, 0.1) is 9.08 Å². The molecule has 1 aromatic rings. The van der Waals surface area contributed by atoms with E-state index >= 15 is 0 Å². The summed E-state index contributed by atoms with van der Waals surface area (Å²) in [6, 6.07) is -0.438. The highest BCUT2D eigenvalue weighted by atomic mass is 127. The zero-order valence-corrected chi connectivity index (χ0v) is 10.7.